The molecule has 1 aliphatic rings. The van der Waals surface area contributed by atoms with Gasteiger partial charge in [0.1, 0.15) is 5.82 Å². The van der Waals surface area contributed by atoms with E-state index >= 15 is 0 Å². The number of hydrogen-bond acceptors (Lipinski definition) is 3. The molecular formula is C16H23FN2O2. The topological polar surface area (TPSA) is 52.6 Å². The number of aliphatic hydroxyl groups excluding tert-OH is 1. The minimum atomic E-state index is -0.433. The molecule has 2 N–H and O–H groups in total. The van der Waals surface area contributed by atoms with Gasteiger partial charge in [-0.05, 0) is 36.5 Å². The van der Waals surface area contributed by atoms with Crippen LogP contribution in [0.4, 0.5) is 10.1 Å². The summed E-state index contributed by atoms with van der Waals surface area (Å²) in [5, 5.41) is 12.6. The molecule has 0 radical (unpaired) electrons. The second-order valence-corrected chi connectivity index (χ2v) is 6.48. The fraction of sp³-hybridized carbons (Fsp3) is 0.562. The first kappa shape index (κ1) is 15.8. The number of anilines is 1. The molecule has 1 amide bonds. The molecule has 0 aromatic heterocycles. The molecule has 1 heterocycles. The summed E-state index contributed by atoms with van der Waals surface area (Å²) < 4.78 is 13.8. The number of rotatable bonds is 2. The third kappa shape index (κ3) is 3.73. The van der Waals surface area contributed by atoms with Gasteiger partial charge in [-0.2, -0.15) is 0 Å². The first-order chi connectivity index (χ1) is 9.82. The maximum Gasteiger partial charge on any atom is 0.253 e. The van der Waals surface area contributed by atoms with E-state index < -0.39 is 5.82 Å². The summed E-state index contributed by atoms with van der Waals surface area (Å²) in [5.74, 6) is -0.615. The highest BCUT2D eigenvalue weighted by atomic mass is 19.1. The van der Waals surface area contributed by atoms with E-state index in [4.69, 9.17) is 0 Å². The van der Waals surface area contributed by atoms with Gasteiger partial charge in [-0.25, -0.2) is 4.39 Å². The molecule has 5 heteroatoms. The Labute approximate surface area is 125 Å². The first-order valence-corrected chi connectivity index (χ1v) is 7.27. The van der Waals surface area contributed by atoms with Crippen LogP contribution in [0.5, 0.6) is 0 Å². The van der Waals surface area contributed by atoms with Crippen molar-refractivity contribution in [2.75, 3.05) is 25.5 Å². The monoisotopic (exact) mass is 294 g/mol. The molecular weight excluding hydrogens is 271 g/mol. The Hall–Kier alpha value is -1.62. The zero-order chi connectivity index (χ0) is 15.6. The fourth-order valence-corrected chi connectivity index (χ4v) is 2.91. The molecule has 2 rings (SSSR count). The number of benzene rings is 1. The second kappa shape index (κ2) is 6.02. The number of amides is 1. The van der Waals surface area contributed by atoms with Gasteiger partial charge < -0.3 is 15.3 Å². The molecule has 0 bridgehead atoms. The SMILES string of the molecule is CNc1ccc(C(=O)N2CCC(O)CC(C)(C)C2)cc1F. The summed E-state index contributed by atoms with van der Waals surface area (Å²) in [5.41, 5.74) is 0.575. The smallest absolute Gasteiger partial charge is 0.253 e. The second-order valence-electron chi connectivity index (χ2n) is 6.48. The number of likely N-dealkylation sites (tertiary alicyclic amines) is 1. The highest BCUT2D eigenvalue weighted by molar-refractivity contribution is 5.94. The molecule has 0 saturated carbocycles. The number of nitrogens with zero attached hydrogens (tertiary/aromatic N) is 1. The Morgan fingerprint density at radius 3 is 2.81 bits per heavy atom. The van der Waals surface area contributed by atoms with Crippen LogP contribution in [0.1, 0.15) is 37.0 Å². The Balaban J connectivity index is 2.20. The van der Waals surface area contributed by atoms with Gasteiger partial charge in [0.05, 0.1) is 11.8 Å². The van der Waals surface area contributed by atoms with Crippen molar-refractivity contribution in [1.82, 2.24) is 4.90 Å². The largest absolute Gasteiger partial charge is 0.393 e. The minimum Gasteiger partial charge on any atom is -0.393 e. The van der Waals surface area contributed by atoms with Gasteiger partial charge in [0.2, 0.25) is 0 Å². The molecule has 1 saturated heterocycles. The molecule has 1 fully saturated rings. The average Bonchev–Trinajstić information content (AvgIpc) is 2.55. The average molecular weight is 294 g/mol. The van der Waals surface area contributed by atoms with Crippen LogP contribution in [0.25, 0.3) is 0 Å². The number of hydrogen-bond donors (Lipinski definition) is 2. The van der Waals surface area contributed by atoms with Crippen LogP contribution in [-0.4, -0.2) is 42.2 Å². The molecule has 0 aliphatic carbocycles. The maximum atomic E-state index is 13.8. The van der Waals surface area contributed by atoms with Crippen LogP contribution >= 0.6 is 0 Å². The number of carbonyl (C=O) groups excluding carboxylic acids is 1. The van der Waals surface area contributed by atoms with Crippen LogP contribution in [0, 0.1) is 11.2 Å². The van der Waals surface area contributed by atoms with Gasteiger partial charge in [0.25, 0.3) is 5.91 Å². The fourth-order valence-electron chi connectivity index (χ4n) is 2.91. The summed E-state index contributed by atoms with van der Waals surface area (Å²) in [4.78, 5) is 14.3. The van der Waals surface area contributed by atoms with Gasteiger partial charge in [-0.3, -0.25) is 4.79 Å². The molecule has 116 valence electrons. The van der Waals surface area contributed by atoms with Crippen LogP contribution in [0.15, 0.2) is 18.2 Å². The van der Waals surface area contributed by atoms with Gasteiger partial charge in [-0.1, -0.05) is 13.8 Å². The van der Waals surface area contributed by atoms with Gasteiger partial charge in [0.15, 0.2) is 0 Å². The normalized spacial score (nSPS) is 21.8. The minimum absolute atomic E-state index is 0.144. The lowest BCUT2D eigenvalue weighted by atomic mass is 9.87. The van der Waals surface area contributed by atoms with Crippen LogP contribution in [0.3, 0.4) is 0 Å². The summed E-state index contributed by atoms with van der Waals surface area (Å²) in [6.45, 7) is 5.14. The summed E-state index contributed by atoms with van der Waals surface area (Å²) in [7, 11) is 1.64. The van der Waals surface area contributed by atoms with E-state index in [1.165, 1.54) is 6.07 Å². The molecule has 21 heavy (non-hydrogen) atoms. The zero-order valence-electron chi connectivity index (χ0n) is 12.8. The van der Waals surface area contributed by atoms with Crippen molar-refractivity contribution < 1.29 is 14.3 Å². The highest BCUT2D eigenvalue weighted by Gasteiger charge is 2.31. The maximum absolute atomic E-state index is 13.8. The van der Waals surface area contributed by atoms with Crippen LogP contribution in [0.2, 0.25) is 0 Å². The Kier molecular flexibility index (Phi) is 4.52. The van der Waals surface area contributed by atoms with Crippen molar-refractivity contribution >= 4 is 11.6 Å². The molecule has 0 spiro atoms. The molecule has 1 unspecified atom stereocenters. The molecule has 4 nitrogen and oxygen atoms in total. The van der Waals surface area contributed by atoms with Crippen molar-refractivity contribution in [3.8, 4) is 0 Å². The number of halogens is 1. The van der Waals surface area contributed by atoms with Crippen molar-refractivity contribution in [2.45, 2.75) is 32.8 Å². The van der Waals surface area contributed by atoms with E-state index in [0.29, 0.717) is 37.2 Å². The first-order valence-electron chi connectivity index (χ1n) is 7.27. The van der Waals surface area contributed by atoms with E-state index in [9.17, 15) is 14.3 Å². The van der Waals surface area contributed by atoms with Crippen molar-refractivity contribution in [1.29, 1.82) is 0 Å². The predicted molar refractivity (Wildman–Crippen MR) is 80.9 cm³/mol. The van der Waals surface area contributed by atoms with Crippen LogP contribution < -0.4 is 5.32 Å². The summed E-state index contributed by atoms with van der Waals surface area (Å²) in [6, 6.07) is 4.47. The number of aliphatic hydroxyl groups is 1. The van der Waals surface area contributed by atoms with Gasteiger partial charge in [0, 0.05) is 25.7 Å². The quantitative estimate of drug-likeness (QED) is 0.881. The lowest BCUT2D eigenvalue weighted by molar-refractivity contribution is 0.0704. The van der Waals surface area contributed by atoms with Crippen molar-refractivity contribution in [3.05, 3.63) is 29.6 Å². The van der Waals surface area contributed by atoms with Gasteiger partial charge >= 0.3 is 0 Å². The Bertz CT molecular complexity index is 531. The van der Waals surface area contributed by atoms with Gasteiger partial charge in [-0.15, -0.1) is 0 Å². The summed E-state index contributed by atoms with van der Waals surface area (Å²) in [6.07, 6.45) is 0.844. The molecule has 1 atom stereocenters. The molecule has 1 aromatic carbocycles. The Morgan fingerprint density at radius 2 is 2.19 bits per heavy atom. The van der Waals surface area contributed by atoms with E-state index in [-0.39, 0.29) is 17.4 Å². The van der Waals surface area contributed by atoms with E-state index in [0.717, 1.165) is 0 Å². The predicted octanol–water partition coefficient (Wildman–Crippen LogP) is 2.49. The summed E-state index contributed by atoms with van der Waals surface area (Å²) >= 11 is 0. The molecule has 1 aromatic rings. The van der Waals surface area contributed by atoms with E-state index in [1.54, 1.807) is 24.1 Å². The van der Waals surface area contributed by atoms with E-state index in [1.807, 2.05) is 13.8 Å². The lowest BCUT2D eigenvalue weighted by Crippen LogP contribution is -2.37. The van der Waals surface area contributed by atoms with E-state index in [2.05, 4.69) is 5.32 Å². The van der Waals surface area contributed by atoms with Crippen LogP contribution in [-0.2, 0) is 0 Å². The lowest BCUT2D eigenvalue weighted by Gasteiger charge is -2.29. The highest BCUT2D eigenvalue weighted by Crippen LogP contribution is 2.29. The third-order valence-corrected chi connectivity index (χ3v) is 3.91. The zero-order valence-corrected chi connectivity index (χ0v) is 12.8. The van der Waals surface area contributed by atoms with Crippen molar-refractivity contribution in [3.63, 3.8) is 0 Å². The standard InChI is InChI=1S/C16H23FN2O2/c1-16(2)9-12(20)6-7-19(10-16)15(21)11-4-5-14(18-3)13(17)8-11/h4-5,8,12,18,20H,6-7,9-10H2,1-3H3. The molecule has 1 aliphatic heterocycles. The Morgan fingerprint density at radius 1 is 1.48 bits per heavy atom. The number of carbonyl (C=O) groups is 1. The third-order valence-electron chi connectivity index (χ3n) is 3.91. The number of nitrogens with one attached hydrogen (secondary N) is 1. The van der Waals surface area contributed by atoms with Crippen molar-refractivity contribution in [2.24, 2.45) is 5.41 Å².